The van der Waals surface area contributed by atoms with Crippen molar-refractivity contribution in [2.24, 2.45) is 0 Å². The van der Waals surface area contributed by atoms with Gasteiger partial charge in [0.05, 0.1) is 22.9 Å². The highest BCUT2D eigenvalue weighted by molar-refractivity contribution is 7.11. The Morgan fingerprint density at radius 1 is 0.955 bits per heavy atom. The summed E-state index contributed by atoms with van der Waals surface area (Å²) < 4.78 is 8.10. The van der Waals surface area contributed by atoms with E-state index in [1.54, 1.807) is 35.7 Å². The van der Waals surface area contributed by atoms with Gasteiger partial charge in [0.1, 0.15) is 11.0 Å². The summed E-state index contributed by atoms with van der Waals surface area (Å²) in [5, 5.41) is 20.7. The molecule has 0 unspecified atom stereocenters. The van der Waals surface area contributed by atoms with Gasteiger partial charge in [0.25, 0.3) is 0 Å². The molecular formula is C14H8N2O4S2. The second kappa shape index (κ2) is 5.66. The fraction of sp³-hybridized carbons (Fsp3) is 0. The maximum atomic E-state index is 11.7. The number of carbonyl (C=O) groups is 2. The Bertz CT molecular complexity index is 897. The third kappa shape index (κ3) is 2.49. The van der Waals surface area contributed by atoms with Crippen LogP contribution >= 0.6 is 23.1 Å². The lowest BCUT2D eigenvalue weighted by Gasteiger charge is -2.08. The number of aromatic nitrogens is 2. The lowest BCUT2D eigenvalue weighted by Crippen LogP contribution is -2.09. The molecule has 0 amide bonds. The van der Waals surface area contributed by atoms with E-state index in [0.717, 1.165) is 11.7 Å². The molecule has 3 aromatic rings. The zero-order valence-electron chi connectivity index (χ0n) is 10.9. The van der Waals surface area contributed by atoms with Crippen molar-refractivity contribution in [3.05, 3.63) is 46.2 Å². The monoisotopic (exact) mass is 332 g/mol. The van der Waals surface area contributed by atoms with E-state index in [0.29, 0.717) is 21.5 Å². The number of hydrogen-bond acceptors (Lipinski definition) is 6. The predicted octanol–water partition coefficient (Wildman–Crippen LogP) is 2.83. The molecule has 2 heterocycles. The van der Waals surface area contributed by atoms with Crippen LogP contribution in [0.2, 0.25) is 0 Å². The van der Waals surface area contributed by atoms with Crippen LogP contribution in [0.25, 0.3) is 22.2 Å². The molecule has 0 saturated carbocycles. The summed E-state index contributed by atoms with van der Waals surface area (Å²) in [6.07, 6.45) is 0. The maximum absolute atomic E-state index is 11.7. The maximum Gasteiger partial charge on any atom is 0.338 e. The number of carboxylic acid groups (broad SMARTS) is 2. The third-order valence-corrected chi connectivity index (χ3v) is 4.43. The van der Waals surface area contributed by atoms with Crippen LogP contribution < -0.4 is 0 Å². The van der Waals surface area contributed by atoms with Crippen molar-refractivity contribution in [2.75, 3.05) is 0 Å². The van der Waals surface area contributed by atoms with Crippen LogP contribution in [0.1, 0.15) is 10.4 Å². The third-order valence-electron chi connectivity index (χ3n) is 2.99. The summed E-state index contributed by atoms with van der Waals surface area (Å²) in [4.78, 5) is 23.6. The number of aliphatic carboxylic acids is 2. The van der Waals surface area contributed by atoms with Crippen molar-refractivity contribution in [3.63, 3.8) is 0 Å². The molecule has 22 heavy (non-hydrogen) atoms. The summed E-state index contributed by atoms with van der Waals surface area (Å²) in [5.74, 6) is -2.58. The Hall–Kier alpha value is -2.58. The summed E-state index contributed by atoms with van der Waals surface area (Å²) in [6, 6.07) is 7.98. The quantitative estimate of drug-likeness (QED) is 0.713. The fourth-order valence-electron chi connectivity index (χ4n) is 2.07. The van der Waals surface area contributed by atoms with Gasteiger partial charge in [-0.3, -0.25) is 0 Å². The molecule has 0 spiro atoms. The van der Waals surface area contributed by atoms with Crippen LogP contribution in [-0.4, -0.2) is 30.9 Å². The van der Waals surface area contributed by atoms with Gasteiger partial charge >= 0.3 is 11.9 Å². The number of hydrogen-bond donors (Lipinski definition) is 2. The van der Waals surface area contributed by atoms with Gasteiger partial charge in [0.2, 0.25) is 0 Å². The van der Waals surface area contributed by atoms with Gasteiger partial charge < -0.3 is 10.2 Å². The van der Waals surface area contributed by atoms with E-state index in [-0.39, 0.29) is 11.1 Å². The number of benzene rings is 1. The number of rotatable bonds is 4. The second-order valence-electron chi connectivity index (χ2n) is 4.31. The molecule has 0 fully saturated rings. The molecule has 0 saturated heterocycles. The van der Waals surface area contributed by atoms with Gasteiger partial charge in [0.15, 0.2) is 0 Å². The Morgan fingerprint density at radius 3 is 2.32 bits per heavy atom. The van der Waals surface area contributed by atoms with E-state index in [4.69, 9.17) is 0 Å². The number of thiophene rings is 1. The summed E-state index contributed by atoms with van der Waals surface area (Å²) in [6.45, 7) is 0. The first-order valence-electron chi connectivity index (χ1n) is 6.05. The van der Waals surface area contributed by atoms with Crippen molar-refractivity contribution in [3.8, 4) is 0 Å². The minimum Gasteiger partial charge on any atom is -0.478 e. The van der Waals surface area contributed by atoms with E-state index in [1.807, 2.05) is 0 Å². The highest BCUT2D eigenvalue weighted by Gasteiger charge is 2.24. The molecule has 8 heteroatoms. The summed E-state index contributed by atoms with van der Waals surface area (Å²) in [5.41, 5.74) is 0.983. The van der Waals surface area contributed by atoms with Crippen LogP contribution in [0.4, 0.5) is 0 Å². The number of fused-ring (bicyclic) bond motifs is 1. The fourth-order valence-corrected chi connectivity index (χ4v) is 3.35. The molecule has 0 aliphatic rings. The molecule has 6 nitrogen and oxygen atoms in total. The molecule has 0 aliphatic carbocycles. The molecule has 2 aromatic heterocycles. The zero-order chi connectivity index (χ0) is 15.7. The van der Waals surface area contributed by atoms with E-state index < -0.39 is 11.9 Å². The van der Waals surface area contributed by atoms with E-state index in [2.05, 4.69) is 8.75 Å². The van der Waals surface area contributed by atoms with E-state index in [1.165, 1.54) is 11.3 Å². The average molecular weight is 332 g/mol. The second-order valence-corrected chi connectivity index (χ2v) is 5.78. The Labute approximate surface area is 132 Å². The van der Waals surface area contributed by atoms with Crippen LogP contribution in [-0.2, 0) is 9.59 Å². The molecule has 2 N–H and O–H groups in total. The SMILES string of the molecule is O=C(O)/C(=C(\C(=O)O)c1cccs1)c1ccc2nsnc2c1. The van der Waals surface area contributed by atoms with Crippen molar-refractivity contribution in [2.45, 2.75) is 0 Å². The first-order valence-corrected chi connectivity index (χ1v) is 7.66. The van der Waals surface area contributed by atoms with Crippen LogP contribution in [0.3, 0.4) is 0 Å². The lowest BCUT2D eigenvalue weighted by molar-refractivity contribution is -0.132. The van der Waals surface area contributed by atoms with Gasteiger partial charge in [-0.15, -0.1) is 11.3 Å². The highest BCUT2D eigenvalue weighted by atomic mass is 32.1. The van der Waals surface area contributed by atoms with Gasteiger partial charge in [-0.1, -0.05) is 12.1 Å². The van der Waals surface area contributed by atoms with E-state index >= 15 is 0 Å². The largest absolute Gasteiger partial charge is 0.478 e. The Morgan fingerprint density at radius 2 is 1.68 bits per heavy atom. The van der Waals surface area contributed by atoms with Crippen molar-refractivity contribution < 1.29 is 19.8 Å². The molecule has 110 valence electrons. The minimum atomic E-state index is -1.30. The molecule has 0 bridgehead atoms. The van der Waals surface area contributed by atoms with Crippen molar-refractivity contribution in [1.82, 2.24) is 8.75 Å². The van der Waals surface area contributed by atoms with Gasteiger partial charge in [-0.25, -0.2) is 9.59 Å². The minimum absolute atomic E-state index is 0.231. The lowest BCUT2D eigenvalue weighted by atomic mass is 9.98. The van der Waals surface area contributed by atoms with Gasteiger partial charge in [-0.2, -0.15) is 8.75 Å². The van der Waals surface area contributed by atoms with Crippen molar-refractivity contribution >= 4 is 57.2 Å². The first kappa shape index (κ1) is 14.4. The van der Waals surface area contributed by atoms with Crippen molar-refractivity contribution in [1.29, 1.82) is 0 Å². The molecule has 0 atom stereocenters. The Balaban J connectivity index is 2.29. The zero-order valence-corrected chi connectivity index (χ0v) is 12.5. The van der Waals surface area contributed by atoms with E-state index in [9.17, 15) is 19.8 Å². The van der Waals surface area contributed by atoms with Crippen LogP contribution in [0, 0.1) is 0 Å². The molecule has 0 radical (unpaired) electrons. The molecule has 0 aliphatic heterocycles. The summed E-state index contributed by atoms with van der Waals surface area (Å²) in [7, 11) is 0. The Kier molecular flexibility index (Phi) is 3.70. The topological polar surface area (TPSA) is 100 Å². The molecule has 3 rings (SSSR count). The standard InChI is InChI=1S/C14H8N2O4S2/c17-13(18)11(12(14(19)20)10-2-1-5-21-10)7-3-4-8-9(6-7)16-22-15-8/h1-6H,(H,17,18)(H,19,20)/b12-11-. The first-order chi connectivity index (χ1) is 10.6. The number of carboxylic acids is 2. The van der Waals surface area contributed by atoms with Gasteiger partial charge in [-0.05, 0) is 29.1 Å². The number of nitrogens with zero attached hydrogens (tertiary/aromatic N) is 2. The molecule has 1 aromatic carbocycles. The van der Waals surface area contributed by atoms with Crippen LogP contribution in [0.15, 0.2) is 35.7 Å². The highest BCUT2D eigenvalue weighted by Crippen LogP contribution is 2.31. The smallest absolute Gasteiger partial charge is 0.338 e. The normalized spacial score (nSPS) is 12.2. The van der Waals surface area contributed by atoms with Crippen LogP contribution in [0.5, 0.6) is 0 Å². The average Bonchev–Trinajstić information content (AvgIpc) is 3.14. The summed E-state index contributed by atoms with van der Waals surface area (Å²) >= 11 is 2.19. The van der Waals surface area contributed by atoms with Gasteiger partial charge in [0, 0.05) is 4.88 Å². The molecular weight excluding hydrogens is 324 g/mol. The predicted molar refractivity (Wildman–Crippen MR) is 83.8 cm³/mol.